The monoisotopic (exact) mass is 299 g/mol. The number of nitrogens with zero attached hydrogens (tertiary/aromatic N) is 3. The van der Waals surface area contributed by atoms with Crippen LogP contribution in [0.15, 0.2) is 41.4 Å². The minimum atomic E-state index is -0.618. The molecule has 0 fully saturated rings. The van der Waals surface area contributed by atoms with Gasteiger partial charge in [-0.15, -0.1) is 0 Å². The third-order valence-corrected chi connectivity index (χ3v) is 2.77. The van der Waals surface area contributed by atoms with Crippen molar-refractivity contribution in [3.63, 3.8) is 0 Å². The van der Waals surface area contributed by atoms with Gasteiger partial charge in [-0.2, -0.15) is 4.73 Å². The summed E-state index contributed by atoms with van der Waals surface area (Å²) < 4.78 is 0.559. The third-order valence-electron chi connectivity index (χ3n) is 2.24. The van der Waals surface area contributed by atoms with Crippen molar-refractivity contribution in [3.8, 4) is 0 Å². The van der Waals surface area contributed by atoms with Crippen LogP contribution < -0.4 is 5.49 Å². The first-order valence-electron chi connectivity index (χ1n) is 5.04. The topological polar surface area (TPSA) is 80.7 Å². The van der Waals surface area contributed by atoms with Crippen LogP contribution >= 0.6 is 23.2 Å². The quantitative estimate of drug-likeness (QED) is 0.400. The van der Waals surface area contributed by atoms with Crippen molar-refractivity contribution < 1.29 is 10.1 Å². The molecule has 1 aromatic heterocycles. The number of aromatic nitrogens is 1. The summed E-state index contributed by atoms with van der Waals surface area (Å²) in [5.74, 6) is 0. The molecule has 1 aromatic carbocycles. The highest BCUT2D eigenvalue weighted by molar-refractivity contribution is 6.30. The second kappa shape index (κ2) is 5.29. The molecule has 0 atom stereocenters. The zero-order chi connectivity index (χ0) is 14.0. The molecule has 1 heterocycles. The molecule has 1 N–H and O–H groups in total. The fourth-order valence-electron chi connectivity index (χ4n) is 1.36. The van der Waals surface area contributed by atoms with Crippen LogP contribution in [0.4, 0.5) is 11.4 Å². The van der Waals surface area contributed by atoms with E-state index in [1.807, 2.05) is 0 Å². The van der Waals surface area contributed by atoms with Crippen LogP contribution in [0.5, 0.6) is 0 Å². The van der Waals surface area contributed by atoms with Gasteiger partial charge in [-0.3, -0.25) is 10.1 Å². The Kier molecular flexibility index (Phi) is 3.73. The summed E-state index contributed by atoms with van der Waals surface area (Å²) in [6.45, 7) is 0. The van der Waals surface area contributed by atoms with E-state index in [9.17, 15) is 15.3 Å². The van der Waals surface area contributed by atoms with E-state index in [0.29, 0.717) is 15.4 Å². The molecule has 0 saturated heterocycles. The van der Waals surface area contributed by atoms with Crippen LogP contribution in [0.2, 0.25) is 10.2 Å². The van der Waals surface area contributed by atoms with Crippen molar-refractivity contribution in [3.05, 3.63) is 62.2 Å². The summed E-state index contributed by atoms with van der Waals surface area (Å²) in [5.41, 5.74) is 0.160. The van der Waals surface area contributed by atoms with Crippen LogP contribution in [0.25, 0.3) is 0 Å². The van der Waals surface area contributed by atoms with Gasteiger partial charge >= 0.3 is 0 Å². The summed E-state index contributed by atoms with van der Waals surface area (Å²) in [6.07, 6.45) is 0. The number of nitro groups is 1. The zero-order valence-corrected chi connectivity index (χ0v) is 10.8. The van der Waals surface area contributed by atoms with Crippen molar-refractivity contribution >= 4 is 34.6 Å². The Bertz CT molecular complexity index is 695. The van der Waals surface area contributed by atoms with E-state index in [-0.39, 0.29) is 16.3 Å². The van der Waals surface area contributed by atoms with E-state index < -0.39 is 4.92 Å². The number of rotatable bonds is 2. The van der Waals surface area contributed by atoms with Gasteiger partial charge in [0, 0.05) is 5.02 Å². The average molecular weight is 300 g/mol. The van der Waals surface area contributed by atoms with Crippen LogP contribution in [-0.2, 0) is 0 Å². The lowest BCUT2D eigenvalue weighted by Gasteiger charge is -2.02. The largest absolute Gasteiger partial charge is 0.425 e. The smallest absolute Gasteiger partial charge is 0.276 e. The van der Waals surface area contributed by atoms with Gasteiger partial charge in [0.2, 0.25) is 0 Å². The standard InChI is InChI=1S/C11H7Cl2N3O3/c12-7-1-3-8(4-2-7)14-11-6-9(16(18)19)5-10(13)15(11)17/h1-6,17H. The summed E-state index contributed by atoms with van der Waals surface area (Å²) in [6, 6.07) is 8.58. The summed E-state index contributed by atoms with van der Waals surface area (Å²) in [4.78, 5) is 14.1. The molecule has 0 amide bonds. The summed E-state index contributed by atoms with van der Waals surface area (Å²) >= 11 is 11.4. The minimum absolute atomic E-state index is 0.0541. The van der Waals surface area contributed by atoms with Gasteiger partial charge in [0.15, 0.2) is 10.6 Å². The Balaban J connectivity index is 2.60. The van der Waals surface area contributed by atoms with E-state index in [4.69, 9.17) is 23.2 Å². The van der Waals surface area contributed by atoms with Gasteiger partial charge in [-0.25, -0.2) is 4.99 Å². The Labute approximate surface area is 117 Å². The van der Waals surface area contributed by atoms with Crippen LogP contribution in [0, 0.1) is 10.1 Å². The Morgan fingerprint density at radius 2 is 1.84 bits per heavy atom. The van der Waals surface area contributed by atoms with E-state index in [1.165, 1.54) is 0 Å². The average Bonchev–Trinajstić information content (AvgIpc) is 2.37. The van der Waals surface area contributed by atoms with Gasteiger partial charge < -0.3 is 5.21 Å². The molecule has 6 nitrogen and oxygen atoms in total. The summed E-state index contributed by atoms with van der Waals surface area (Å²) in [7, 11) is 0. The lowest BCUT2D eigenvalue weighted by atomic mass is 10.3. The summed E-state index contributed by atoms with van der Waals surface area (Å²) in [5, 5.41) is 20.7. The molecular formula is C11H7Cl2N3O3. The van der Waals surface area contributed by atoms with E-state index in [0.717, 1.165) is 12.1 Å². The molecule has 19 heavy (non-hydrogen) atoms. The Morgan fingerprint density at radius 3 is 2.42 bits per heavy atom. The lowest BCUT2D eigenvalue weighted by molar-refractivity contribution is -0.385. The Hall–Kier alpha value is -2.05. The van der Waals surface area contributed by atoms with Crippen LogP contribution in [-0.4, -0.2) is 14.9 Å². The van der Waals surface area contributed by atoms with E-state index in [2.05, 4.69) is 4.99 Å². The predicted molar refractivity (Wildman–Crippen MR) is 70.0 cm³/mol. The number of benzene rings is 1. The molecule has 2 rings (SSSR count). The van der Waals surface area contributed by atoms with Gasteiger partial charge in [0.1, 0.15) is 0 Å². The van der Waals surface area contributed by atoms with E-state index in [1.54, 1.807) is 24.3 Å². The van der Waals surface area contributed by atoms with E-state index >= 15 is 0 Å². The molecule has 0 bridgehead atoms. The van der Waals surface area contributed by atoms with Crippen molar-refractivity contribution in [2.45, 2.75) is 0 Å². The Morgan fingerprint density at radius 1 is 1.21 bits per heavy atom. The maximum atomic E-state index is 10.7. The first-order valence-corrected chi connectivity index (χ1v) is 5.79. The second-order valence-corrected chi connectivity index (χ2v) is 4.38. The third kappa shape index (κ3) is 3.04. The van der Waals surface area contributed by atoms with Gasteiger partial charge in [-0.1, -0.05) is 23.2 Å². The van der Waals surface area contributed by atoms with Crippen LogP contribution in [0.3, 0.4) is 0 Å². The first kappa shape index (κ1) is 13.4. The number of hydrogen-bond donors (Lipinski definition) is 1. The number of hydrogen-bond acceptors (Lipinski definition) is 4. The molecule has 98 valence electrons. The van der Waals surface area contributed by atoms with Crippen molar-refractivity contribution in [2.24, 2.45) is 4.99 Å². The highest BCUT2D eigenvalue weighted by atomic mass is 35.5. The minimum Gasteiger partial charge on any atom is -0.425 e. The first-order chi connectivity index (χ1) is 8.97. The maximum absolute atomic E-state index is 10.7. The van der Waals surface area contributed by atoms with Crippen molar-refractivity contribution in [1.82, 2.24) is 4.73 Å². The molecule has 0 aliphatic rings. The van der Waals surface area contributed by atoms with Gasteiger partial charge in [-0.05, 0) is 24.3 Å². The van der Waals surface area contributed by atoms with Gasteiger partial charge in [0.25, 0.3) is 5.69 Å². The molecule has 0 unspecified atom stereocenters. The molecule has 0 saturated carbocycles. The molecule has 0 spiro atoms. The SMILES string of the molecule is O=[N+]([O-])c1cc(Cl)n(O)c(=Nc2ccc(Cl)cc2)c1. The fourth-order valence-corrected chi connectivity index (χ4v) is 1.68. The zero-order valence-electron chi connectivity index (χ0n) is 9.33. The van der Waals surface area contributed by atoms with Crippen molar-refractivity contribution in [1.29, 1.82) is 0 Å². The maximum Gasteiger partial charge on any atom is 0.276 e. The normalized spacial score (nSPS) is 11.6. The van der Waals surface area contributed by atoms with Gasteiger partial charge in [0.05, 0.1) is 22.7 Å². The molecule has 8 heteroatoms. The molecule has 0 aliphatic carbocycles. The predicted octanol–water partition coefficient (Wildman–Crippen LogP) is 3.17. The number of pyridine rings is 1. The molecule has 0 radical (unpaired) electrons. The molecule has 2 aromatic rings. The molecule has 0 aliphatic heterocycles. The highest BCUT2D eigenvalue weighted by Gasteiger charge is 2.10. The fraction of sp³-hybridized carbons (Fsp3) is 0. The van der Waals surface area contributed by atoms with Crippen LogP contribution in [0.1, 0.15) is 0 Å². The molecular weight excluding hydrogens is 293 g/mol. The number of halogens is 2. The second-order valence-electron chi connectivity index (χ2n) is 3.55. The highest BCUT2D eigenvalue weighted by Crippen LogP contribution is 2.17. The lowest BCUT2D eigenvalue weighted by Crippen LogP contribution is -2.19. The van der Waals surface area contributed by atoms with Crippen molar-refractivity contribution in [2.75, 3.05) is 0 Å².